The van der Waals surface area contributed by atoms with E-state index in [-0.39, 0.29) is 12.4 Å². The molecule has 0 saturated carbocycles. The first-order valence-electron chi connectivity index (χ1n) is 5.47. The Morgan fingerprint density at radius 3 is 2.88 bits per heavy atom. The van der Waals surface area contributed by atoms with Gasteiger partial charge >= 0.3 is 0 Å². The number of aromatic nitrogens is 2. The number of nitrogens with one attached hydrogen (secondary N) is 1. The second kappa shape index (κ2) is 6.13. The van der Waals surface area contributed by atoms with Crippen LogP contribution >= 0.6 is 12.4 Å². The van der Waals surface area contributed by atoms with Crippen LogP contribution in [-0.2, 0) is 0 Å². The molecule has 4 nitrogen and oxygen atoms in total. The van der Waals surface area contributed by atoms with Gasteiger partial charge in [-0.3, -0.25) is 14.9 Å². The predicted molar refractivity (Wildman–Crippen MR) is 66.7 cm³/mol. The lowest BCUT2D eigenvalue weighted by Crippen LogP contribution is -2.35. The van der Waals surface area contributed by atoms with Crippen molar-refractivity contribution in [1.29, 1.82) is 0 Å². The van der Waals surface area contributed by atoms with Crippen LogP contribution in [0.2, 0.25) is 0 Å². The maximum absolute atomic E-state index is 4.35. The number of nitrogens with zero attached hydrogens (tertiary/aromatic N) is 3. The van der Waals surface area contributed by atoms with Crippen LogP contribution in [0.5, 0.6) is 0 Å². The third-order valence-electron chi connectivity index (χ3n) is 3.23. The highest BCUT2D eigenvalue weighted by molar-refractivity contribution is 5.85. The minimum Gasteiger partial charge on any atom is -0.315 e. The van der Waals surface area contributed by atoms with Crippen molar-refractivity contribution in [2.75, 3.05) is 20.1 Å². The van der Waals surface area contributed by atoms with E-state index in [1.54, 1.807) is 12.4 Å². The molecule has 2 rings (SSSR count). The van der Waals surface area contributed by atoms with Gasteiger partial charge in [0.25, 0.3) is 0 Å². The van der Waals surface area contributed by atoms with E-state index in [4.69, 9.17) is 0 Å². The van der Waals surface area contributed by atoms with Crippen molar-refractivity contribution in [3.63, 3.8) is 0 Å². The van der Waals surface area contributed by atoms with Gasteiger partial charge in [-0.15, -0.1) is 12.4 Å². The summed E-state index contributed by atoms with van der Waals surface area (Å²) in [7, 11) is 2.16. The van der Waals surface area contributed by atoms with E-state index in [1.165, 1.54) is 6.42 Å². The van der Waals surface area contributed by atoms with Crippen molar-refractivity contribution < 1.29 is 0 Å². The molecule has 1 aliphatic heterocycles. The summed E-state index contributed by atoms with van der Waals surface area (Å²) in [5.74, 6) is 0. The lowest BCUT2D eigenvalue weighted by Gasteiger charge is -2.29. The van der Waals surface area contributed by atoms with Crippen LogP contribution in [0.4, 0.5) is 0 Å². The normalized spacial score (nSPS) is 21.8. The molecule has 1 fully saturated rings. The maximum atomic E-state index is 4.35. The molecule has 0 aliphatic carbocycles. The van der Waals surface area contributed by atoms with Gasteiger partial charge in [0, 0.05) is 31.2 Å². The van der Waals surface area contributed by atoms with E-state index < -0.39 is 0 Å². The fourth-order valence-electron chi connectivity index (χ4n) is 2.04. The second-order valence-electron chi connectivity index (χ2n) is 4.12. The molecule has 0 amide bonds. The monoisotopic (exact) mass is 242 g/mol. The average Bonchev–Trinajstić information content (AvgIpc) is 2.82. The summed E-state index contributed by atoms with van der Waals surface area (Å²) in [6.45, 7) is 4.39. The van der Waals surface area contributed by atoms with Gasteiger partial charge < -0.3 is 5.32 Å². The van der Waals surface area contributed by atoms with Gasteiger partial charge in [-0.25, -0.2) is 0 Å². The molecule has 1 N–H and O–H groups in total. The van der Waals surface area contributed by atoms with E-state index in [9.17, 15) is 0 Å². The molecule has 2 atom stereocenters. The fourth-order valence-corrected chi connectivity index (χ4v) is 2.04. The lowest BCUT2D eigenvalue weighted by atomic mass is 10.1. The molecule has 0 bridgehead atoms. The smallest absolute Gasteiger partial charge is 0.0755 e. The first kappa shape index (κ1) is 13.4. The van der Waals surface area contributed by atoms with Gasteiger partial charge in [0.05, 0.1) is 11.7 Å². The Bertz CT molecular complexity index is 300. The Labute approximate surface area is 103 Å². The molecule has 90 valence electrons. The highest BCUT2D eigenvalue weighted by Crippen LogP contribution is 2.20. The second-order valence-corrected chi connectivity index (χ2v) is 4.12. The molecule has 1 saturated heterocycles. The number of hydrogen-bond acceptors (Lipinski definition) is 4. The zero-order chi connectivity index (χ0) is 10.7. The highest BCUT2D eigenvalue weighted by atomic mass is 35.5. The summed E-state index contributed by atoms with van der Waals surface area (Å²) in [6, 6.07) is 0.964. The molecule has 1 aromatic rings. The topological polar surface area (TPSA) is 41.1 Å². The third kappa shape index (κ3) is 2.90. The van der Waals surface area contributed by atoms with Gasteiger partial charge in [0.15, 0.2) is 0 Å². The fraction of sp³-hybridized carbons (Fsp3) is 0.636. The first-order chi connectivity index (χ1) is 7.29. The van der Waals surface area contributed by atoms with Crippen molar-refractivity contribution >= 4 is 12.4 Å². The van der Waals surface area contributed by atoms with Crippen LogP contribution in [0, 0.1) is 0 Å². The van der Waals surface area contributed by atoms with E-state index in [0.29, 0.717) is 12.1 Å². The van der Waals surface area contributed by atoms with Crippen LogP contribution in [0.1, 0.15) is 25.1 Å². The van der Waals surface area contributed by atoms with E-state index in [1.807, 2.05) is 6.20 Å². The van der Waals surface area contributed by atoms with Gasteiger partial charge in [-0.2, -0.15) is 0 Å². The van der Waals surface area contributed by atoms with E-state index in [2.05, 4.69) is 34.2 Å². The summed E-state index contributed by atoms with van der Waals surface area (Å²) >= 11 is 0. The number of halogens is 1. The molecule has 5 heteroatoms. The Morgan fingerprint density at radius 1 is 1.50 bits per heavy atom. The highest BCUT2D eigenvalue weighted by Gasteiger charge is 2.24. The van der Waals surface area contributed by atoms with Crippen LogP contribution in [0.3, 0.4) is 0 Å². The number of rotatable bonds is 3. The summed E-state index contributed by atoms with van der Waals surface area (Å²) in [5, 5.41) is 3.38. The summed E-state index contributed by atoms with van der Waals surface area (Å²) in [5.41, 5.74) is 1.05. The minimum atomic E-state index is 0. The quantitative estimate of drug-likeness (QED) is 0.867. The zero-order valence-electron chi connectivity index (χ0n) is 9.76. The van der Waals surface area contributed by atoms with Crippen molar-refractivity contribution in [3.8, 4) is 0 Å². The van der Waals surface area contributed by atoms with Crippen LogP contribution in [0.15, 0.2) is 18.6 Å². The molecule has 0 aromatic carbocycles. The van der Waals surface area contributed by atoms with Crippen LogP contribution in [-0.4, -0.2) is 41.0 Å². The molecule has 0 radical (unpaired) electrons. The molecule has 1 aromatic heterocycles. The molecule has 1 unspecified atom stereocenters. The molecular weight excluding hydrogens is 224 g/mol. The predicted octanol–water partition coefficient (Wildman–Crippen LogP) is 1.25. The van der Waals surface area contributed by atoms with Gasteiger partial charge in [0.2, 0.25) is 0 Å². The van der Waals surface area contributed by atoms with Crippen LogP contribution in [0.25, 0.3) is 0 Å². The Kier molecular flexibility index (Phi) is 5.12. The van der Waals surface area contributed by atoms with E-state index >= 15 is 0 Å². The SMILES string of the molecule is CC(c1cnccn1)N(C)[C@H]1CCNC1.Cl. The molecule has 0 spiro atoms. The Balaban J connectivity index is 0.00000128. The molecule has 1 aliphatic rings. The summed E-state index contributed by atoms with van der Waals surface area (Å²) in [6.07, 6.45) is 6.55. The van der Waals surface area contributed by atoms with Crippen molar-refractivity contribution in [2.45, 2.75) is 25.4 Å². The van der Waals surface area contributed by atoms with Gasteiger partial charge in [-0.05, 0) is 26.9 Å². The van der Waals surface area contributed by atoms with Crippen molar-refractivity contribution in [1.82, 2.24) is 20.2 Å². The minimum absolute atomic E-state index is 0. The number of likely N-dealkylation sites (N-methyl/N-ethyl adjacent to an activating group) is 1. The lowest BCUT2D eigenvalue weighted by molar-refractivity contribution is 0.193. The van der Waals surface area contributed by atoms with Crippen molar-refractivity contribution in [3.05, 3.63) is 24.3 Å². The zero-order valence-corrected chi connectivity index (χ0v) is 10.6. The van der Waals surface area contributed by atoms with Crippen molar-refractivity contribution in [2.24, 2.45) is 0 Å². The van der Waals surface area contributed by atoms with E-state index in [0.717, 1.165) is 18.8 Å². The molecular formula is C11H19ClN4. The van der Waals surface area contributed by atoms with Gasteiger partial charge in [0.1, 0.15) is 0 Å². The largest absolute Gasteiger partial charge is 0.315 e. The first-order valence-corrected chi connectivity index (χ1v) is 5.47. The van der Waals surface area contributed by atoms with Crippen LogP contribution < -0.4 is 5.32 Å². The van der Waals surface area contributed by atoms with Gasteiger partial charge in [-0.1, -0.05) is 0 Å². The standard InChI is InChI=1S/C11H18N4.ClH/c1-9(11-8-13-5-6-14-11)15(2)10-3-4-12-7-10;/h5-6,8-10,12H,3-4,7H2,1-2H3;1H/t9?,10-;/m0./s1. The summed E-state index contributed by atoms with van der Waals surface area (Å²) in [4.78, 5) is 10.8. The third-order valence-corrected chi connectivity index (χ3v) is 3.23. The Hall–Kier alpha value is -0.710. The summed E-state index contributed by atoms with van der Waals surface area (Å²) < 4.78 is 0. The molecule has 16 heavy (non-hydrogen) atoms. The Morgan fingerprint density at radius 2 is 2.31 bits per heavy atom. The molecule has 2 heterocycles. The number of hydrogen-bond donors (Lipinski definition) is 1. The average molecular weight is 243 g/mol. The maximum Gasteiger partial charge on any atom is 0.0755 e.